The maximum absolute atomic E-state index is 12.2. The van der Waals surface area contributed by atoms with E-state index in [1.165, 1.54) is 11.8 Å². The second-order valence-electron chi connectivity index (χ2n) is 6.27. The van der Waals surface area contributed by atoms with Crippen LogP contribution in [-0.4, -0.2) is 24.2 Å². The van der Waals surface area contributed by atoms with Gasteiger partial charge in [-0.25, -0.2) is 0 Å². The number of nitrogens with one attached hydrogen (secondary N) is 1. The van der Waals surface area contributed by atoms with Crippen molar-refractivity contribution < 1.29 is 18.7 Å². The molecule has 29 heavy (non-hydrogen) atoms. The van der Waals surface area contributed by atoms with E-state index >= 15 is 0 Å². The van der Waals surface area contributed by atoms with Crippen LogP contribution >= 0.6 is 11.8 Å². The lowest BCUT2D eigenvalue weighted by Crippen LogP contribution is -2.21. The number of para-hydroxylation sites is 1. The zero-order valence-electron chi connectivity index (χ0n) is 15.9. The second kappa shape index (κ2) is 9.80. The molecule has 7 heteroatoms. The lowest BCUT2D eigenvalue weighted by Gasteiger charge is -2.10. The molecule has 3 rings (SSSR count). The van der Waals surface area contributed by atoms with Crippen molar-refractivity contribution in [3.05, 3.63) is 59.9 Å². The maximum atomic E-state index is 12.2. The van der Waals surface area contributed by atoms with Crippen LogP contribution in [0.15, 0.2) is 58.0 Å². The number of amides is 1. The summed E-state index contributed by atoms with van der Waals surface area (Å²) in [5.41, 5.74) is 3.20. The number of anilines is 1. The maximum Gasteiger partial charge on any atom is 0.310 e. The first-order valence-electron chi connectivity index (χ1n) is 9.14. The molecule has 0 aliphatic heterocycles. The highest BCUT2D eigenvalue weighted by Gasteiger charge is 2.14. The van der Waals surface area contributed by atoms with Gasteiger partial charge in [0, 0.05) is 15.8 Å². The molecule has 1 heterocycles. The summed E-state index contributed by atoms with van der Waals surface area (Å²) >= 11 is 1.33. The molecular formula is C22H20N2O4S. The Morgan fingerprint density at radius 1 is 1.24 bits per heavy atom. The number of hydrogen-bond acceptors (Lipinski definition) is 6. The van der Waals surface area contributed by atoms with Crippen LogP contribution in [0.3, 0.4) is 0 Å². The van der Waals surface area contributed by atoms with Crippen LogP contribution in [0.25, 0.3) is 11.0 Å². The molecule has 1 N–H and O–H groups in total. The molecule has 0 spiro atoms. The smallest absolute Gasteiger partial charge is 0.310 e. The van der Waals surface area contributed by atoms with Crippen LogP contribution in [0, 0.1) is 11.3 Å². The molecule has 1 aromatic heterocycles. The van der Waals surface area contributed by atoms with Gasteiger partial charge in [-0.1, -0.05) is 31.2 Å². The van der Waals surface area contributed by atoms with E-state index in [4.69, 9.17) is 14.4 Å². The lowest BCUT2D eigenvalue weighted by molar-refractivity contribution is -0.146. The van der Waals surface area contributed by atoms with E-state index in [0.717, 1.165) is 33.4 Å². The molecule has 0 bridgehead atoms. The van der Waals surface area contributed by atoms with Gasteiger partial charge in [0.1, 0.15) is 5.58 Å². The Bertz CT molecular complexity index is 1070. The van der Waals surface area contributed by atoms with Crippen molar-refractivity contribution in [2.75, 3.05) is 17.7 Å². The first-order valence-corrected chi connectivity index (χ1v) is 10.1. The third kappa shape index (κ3) is 5.39. The predicted molar refractivity (Wildman–Crippen MR) is 112 cm³/mol. The molecule has 0 saturated heterocycles. The van der Waals surface area contributed by atoms with Gasteiger partial charge < -0.3 is 14.5 Å². The highest BCUT2D eigenvalue weighted by molar-refractivity contribution is 7.99. The third-order valence-corrected chi connectivity index (χ3v) is 5.22. The van der Waals surface area contributed by atoms with Gasteiger partial charge in [0.25, 0.3) is 5.91 Å². The topological polar surface area (TPSA) is 92.3 Å². The van der Waals surface area contributed by atoms with Crippen molar-refractivity contribution in [1.29, 1.82) is 5.26 Å². The number of esters is 1. The minimum absolute atomic E-state index is 0.0281. The summed E-state index contributed by atoms with van der Waals surface area (Å²) in [4.78, 5) is 25.1. The highest BCUT2D eigenvalue weighted by Crippen LogP contribution is 2.26. The van der Waals surface area contributed by atoms with Crippen molar-refractivity contribution >= 4 is 40.3 Å². The minimum Gasteiger partial charge on any atom is -0.464 e. The number of fused-ring (bicyclic) bond motifs is 1. The number of nitrogens with zero attached hydrogens (tertiary/aromatic N) is 1. The summed E-state index contributed by atoms with van der Waals surface area (Å²) in [6.45, 7) is 1.68. The Balaban J connectivity index is 1.55. The van der Waals surface area contributed by atoms with Gasteiger partial charge in [0.2, 0.25) is 0 Å². The number of hydrogen-bond donors (Lipinski definition) is 1. The van der Waals surface area contributed by atoms with Crippen molar-refractivity contribution in [2.45, 2.75) is 24.7 Å². The van der Waals surface area contributed by atoms with Crippen molar-refractivity contribution in [2.24, 2.45) is 0 Å². The summed E-state index contributed by atoms with van der Waals surface area (Å²) in [7, 11) is 0. The van der Waals surface area contributed by atoms with Gasteiger partial charge in [0.05, 0.1) is 30.2 Å². The Kier molecular flexibility index (Phi) is 6.93. The molecule has 1 amide bonds. The van der Waals surface area contributed by atoms with Crippen LogP contribution in [0.4, 0.5) is 5.69 Å². The first kappa shape index (κ1) is 20.5. The van der Waals surface area contributed by atoms with E-state index in [1.54, 1.807) is 18.4 Å². The van der Waals surface area contributed by atoms with E-state index in [1.807, 2.05) is 36.4 Å². The van der Waals surface area contributed by atoms with Gasteiger partial charge in [-0.05, 0) is 30.2 Å². The lowest BCUT2D eigenvalue weighted by atomic mass is 10.1. The van der Waals surface area contributed by atoms with Crippen LogP contribution in [0.1, 0.15) is 18.1 Å². The van der Waals surface area contributed by atoms with E-state index < -0.39 is 11.9 Å². The number of aryl methyl sites for hydroxylation is 1. The number of thioether (sulfide) groups is 1. The average molecular weight is 408 g/mol. The highest BCUT2D eigenvalue weighted by atomic mass is 32.2. The molecule has 148 valence electrons. The molecule has 0 atom stereocenters. The molecule has 0 fully saturated rings. The molecule has 0 aliphatic carbocycles. The number of carbonyl (C=O) groups is 2. The molecular weight excluding hydrogens is 388 g/mol. The van der Waals surface area contributed by atoms with Crippen LogP contribution in [0.2, 0.25) is 0 Å². The Morgan fingerprint density at radius 2 is 2.07 bits per heavy atom. The number of nitriles is 1. The normalized spacial score (nSPS) is 10.5. The van der Waals surface area contributed by atoms with Crippen molar-refractivity contribution in [1.82, 2.24) is 0 Å². The van der Waals surface area contributed by atoms with Gasteiger partial charge >= 0.3 is 5.97 Å². The second-order valence-corrected chi connectivity index (χ2v) is 7.29. The van der Waals surface area contributed by atoms with Crippen LogP contribution in [0.5, 0.6) is 0 Å². The fraction of sp³-hybridized carbons (Fsp3) is 0.227. The fourth-order valence-corrected chi connectivity index (χ4v) is 3.50. The molecule has 2 aromatic carbocycles. The third-order valence-electron chi connectivity index (χ3n) is 4.28. The van der Waals surface area contributed by atoms with Gasteiger partial charge in [-0.3, -0.25) is 9.59 Å². The summed E-state index contributed by atoms with van der Waals surface area (Å²) in [6, 6.07) is 15.1. The molecule has 0 aliphatic rings. The molecule has 0 unspecified atom stereocenters. The minimum atomic E-state index is -0.505. The van der Waals surface area contributed by atoms with E-state index in [0.29, 0.717) is 5.69 Å². The van der Waals surface area contributed by atoms with Gasteiger partial charge in [-0.2, -0.15) is 5.26 Å². The SMILES string of the molecule is CCc1ccc2c(CC(=O)OCC(=O)Nc3ccccc3SCC#N)coc2c1. The van der Waals surface area contributed by atoms with Crippen LogP contribution in [-0.2, 0) is 27.2 Å². The largest absolute Gasteiger partial charge is 0.464 e. The number of ether oxygens (including phenoxy) is 1. The Labute approximate surface area is 172 Å². The fourth-order valence-electron chi connectivity index (χ4n) is 2.83. The van der Waals surface area contributed by atoms with E-state index in [9.17, 15) is 9.59 Å². The zero-order chi connectivity index (χ0) is 20.6. The quantitative estimate of drug-likeness (QED) is 0.440. The Morgan fingerprint density at radius 3 is 2.86 bits per heavy atom. The summed E-state index contributed by atoms with van der Waals surface area (Å²) in [5.74, 6) is -0.664. The summed E-state index contributed by atoms with van der Waals surface area (Å²) in [5, 5.41) is 12.3. The average Bonchev–Trinajstić information content (AvgIpc) is 3.13. The molecule has 3 aromatic rings. The number of carbonyl (C=O) groups excluding carboxylic acids is 2. The first-order chi connectivity index (χ1) is 14.1. The standard InChI is InChI=1S/C22H20N2O4S/c1-2-15-7-8-17-16(13-27-19(17)11-15)12-22(26)28-14-21(25)24-18-5-3-4-6-20(18)29-10-9-23/h3-8,11,13H,2,10,12,14H2,1H3,(H,24,25). The number of rotatable bonds is 8. The Hall–Kier alpha value is -3.24. The van der Waals surface area contributed by atoms with Crippen molar-refractivity contribution in [3.8, 4) is 6.07 Å². The predicted octanol–water partition coefficient (Wildman–Crippen LogP) is 4.34. The van der Waals surface area contributed by atoms with Gasteiger partial charge in [0.15, 0.2) is 6.61 Å². The van der Waals surface area contributed by atoms with E-state index in [-0.39, 0.29) is 18.8 Å². The number of furan rings is 1. The van der Waals surface area contributed by atoms with Crippen molar-refractivity contribution in [3.63, 3.8) is 0 Å². The summed E-state index contributed by atoms with van der Waals surface area (Å²) < 4.78 is 10.6. The summed E-state index contributed by atoms with van der Waals surface area (Å²) in [6.07, 6.45) is 2.48. The number of benzene rings is 2. The molecule has 6 nitrogen and oxygen atoms in total. The monoisotopic (exact) mass is 408 g/mol. The molecule has 0 radical (unpaired) electrons. The zero-order valence-corrected chi connectivity index (χ0v) is 16.8. The van der Waals surface area contributed by atoms with Gasteiger partial charge in [-0.15, -0.1) is 11.8 Å². The van der Waals surface area contributed by atoms with E-state index in [2.05, 4.69) is 12.2 Å². The molecule has 0 saturated carbocycles. The van der Waals surface area contributed by atoms with Crippen LogP contribution < -0.4 is 5.32 Å².